The van der Waals surface area contributed by atoms with Gasteiger partial charge in [-0.3, -0.25) is 10.0 Å². The molecule has 1 aliphatic rings. The van der Waals surface area contributed by atoms with Crippen molar-refractivity contribution in [2.45, 2.75) is 18.6 Å². The molecule has 1 aromatic heterocycles. The number of benzene rings is 2. The fourth-order valence-electron chi connectivity index (χ4n) is 3.67. The lowest BCUT2D eigenvalue weighted by Crippen LogP contribution is -2.46. The highest BCUT2D eigenvalue weighted by molar-refractivity contribution is 7.20. The van der Waals surface area contributed by atoms with Crippen LogP contribution in [0.4, 0.5) is 27.6 Å². The number of thiazole rings is 1. The quantitative estimate of drug-likeness (QED) is 0.507. The minimum atomic E-state index is -5.64. The molecule has 0 atom stereocenters. The highest BCUT2D eigenvalue weighted by Gasteiger charge is 2.59. The van der Waals surface area contributed by atoms with Crippen molar-refractivity contribution in [3.63, 3.8) is 0 Å². The zero-order valence-electron chi connectivity index (χ0n) is 15.6. The Hall–Kier alpha value is -2.46. The van der Waals surface area contributed by atoms with Crippen LogP contribution in [0, 0.1) is 0 Å². The minimum absolute atomic E-state index is 0.00128. The van der Waals surface area contributed by atoms with Gasteiger partial charge in [0.05, 0.1) is 10.4 Å². The van der Waals surface area contributed by atoms with E-state index in [2.05, 4.69) is 4.98 Å². The largest absolute Gasteiger partial charge is 0.458 e. The molecule has 159 valence electrons. The zero-order valence-corrected chi connectivity index (χ0v) is 16.4. The van der Waals surface area contributed by atoms with Crippen molar-refractivity contribution in [1.82, 2.24) is 9.88 Å². The topological polar surface area (TPSA) is 39.3 Å². The van der Waals surface area contributed by atoms with E-state index in [0.29, 0.717) is 31.7 Å². The Morgan fingerprint density at radius 1 is 0.933 bits per heavy atom. The van der Waals surface area contributed by atoms with Crippen molar-refractivity contribution in [3.8, 4) is 5.19 Å². The summed E-state index contributed by atoms with van der Waals surface area (Å²) in [6.45, 7) is 2.06. The van der Waals surface area contributed by atoms with E-state index in [1.807, 2.05) is 28.0 Å². The summed E-state index contributed by atoms with van der Waals surface area (Å²) in [6.07, 6.45) is -5.64. The van der Waals surface area contributed by atoms with Crippen molar-refractivity contribution < 1.29 is 27.1 Å². The predicted octanol–water partition coefficient (Wildman–Crippen LogP) is 5.42. The second-order valence-electron chi connectivity index (χ2n) is 7.10. The third-order valence-corrected chi connectivity index (χ3v) is 6.01. The first-order valence-electron chi connectivity index (χ1n) is 9.23. The van der Waals surface area contributed by atoms with Gasteiger partial charge in [-0.2, -0.15) is 26.9 Å². The molecule has 10 heteroatoms. The first-order valence-corrected chi connectivity index (χ1v) is 10.1. The minimum Gasteiger partial charge on any atom is -0.367 e. The number of rotatable bonds is 4. The Morgan fingerprint density at radius 2 is 1.63 bits per heavy atom. The summed E-state index contributed by atoms with van der Waals surface area (Å²) in [5, 5.41) is 11.3. The number of halogens is 5. The normalized spacial score (nSPS) is 16.4. The molecule has 1 fully saturated rings. The molecular weight excluding hydrogens is 425 g/mol. The summed E-state index contributed by atoms with van der Waals surface area (Å²) in [5.74, 6) is -4.90. The van der Waals surface area contributed by atoms with Gasteiger partial charge >= 0.3 is 17.3 Å². The van der Waals surface area contributed by atoms with Crippen LogP contribution in [0.5, 0.6) is 5.19 Å². The average Bonchev–Trinajstić information content (AvgIpc) is 3.08. The second kappa shape index (κ2) is 7.66. The molecule has 30 heavy (non-hydrogen) atoms. The summed E-state index contributed by atoms with van der Waals surface area (Å²) < 4.78 is 67.2. The van der Waals surface area contributed by atoms with Gasteiger partial charge in [0, 0.05) is 38.3 Å². The number of hydrogen-bond donors (Lipinski definition) is 0. The Labute approximate surface area is 173 Å². The molecule has 1 aliphatic heterocycles. The fraction of sp³-hybridized carbons (Fsp3) is 0.350. The number of alkyl halides is 5. The van der Waals surface area contributed by atoms with Gasteiger partial charge in [-0.1, -0.05) is 41.7 Å². The number of anilines is 1. The molecular formula is C20H17F5N3OS. The van der Waals surface area contributed by atoms with Gasteiger partial charge in [0.1, 0.15) is 5.52 Å². The van der Waals surface area contributed by atoms with E-state index in [0.717, 1.165) is 27.8 Å². The molecule has 0 unspecified atom stereocenters. The Balaban J connectivity index is 1.49. The van der Waals surface area contributed by atoms with Crippen LogP contribution < -0.4 is 4.90 Å². The maximum Gasteiger partial charge on any atom is 0.458 e. The Bertz CT molecular complexity index is 1040. The second-order valence-corrected chi connectivity index (χ2v) is 8.09. The van der Waals surface area contributed by atoms with Crippen LogP contribution in [0.15, 0.2) is 42.5 Å². The van der Waals surface area contributed by atoms with E-state index in [1.165, 1.54) is 18.2 Å². The molecule has 1 saturated heterocycles. The summed E-state index contributed by atoms with van der Waals surface area (Å²) in [7, 11) is 0. The maximum atomic E-state index is 13.9. The van der Waals surface area contributed by atoms with Crippen molar-refractivity contribution in [3.05, 3.63) is 53.6 Å². The molecule has 1 radical (unpaired) electrons. The van der Waals surface area contributed by atoms with Gasteiger partial charge in [-0.25, -0.2) is 0 Å². The first kappa shape index (κ1) is 20.8. The van der Waals surface area contributed by atoms with E-state index in [-0.39, 0.29) is 17.3 Å². The molecule has 0 aliphatic carbocycles. The lowest BCUT2D eigenvalue weighted by Gasteiger charge is -2.36. The molecule has 4 nitrogen and oxygen atoms in total. The average molecular weight is 442 g/mol. The molecule has 0 amide bonds. The molecule has 2 aromatic carbocycles. The highest BCUT2D eigenvalue weighted by atomic mass is 32.1. The van der Waals surface area contributed by atoms with Crippen LogP contribution in [-0.2, 0) is 17.6 Å². The monoisotopic (exact) mass is 442 g/mol. The van der Waals surface area contributed by atoms with Crippen LogP contribution in [0.2, 0.25) is 0 Å². The van der Waals surface area contributed by atoms with Crippen molar-refractivity contribution in [2.24, 2.45) is 0 Å². The van der Waals surface area contributed by atoms with Gasteiger partial charge < -0.3 is 4.90 Å². The molecule has 0 bridgehead atoms. The number of hydrogen-bond acceptors (Lipinski definition) is 4. The van der Waals surface area contributed by atoms with Crippen LogP contribution >= 0.6 is 11.3 Å². The smallest absolute Gasteiger partial charge is 0.367 e. The number of fused-ring (bicyclic) bond motifs is 1. The zero-order chi connectivity index (χ0) is 21.5. The Morgan fingerprint density at radius 3 is 2.33 bits per heavy atom. The summed E-state index contributed by atoms with van der Waals surface area (Å²) >= 11 is 1.07. The van der Waals surface area contributed by atoms with Gasteiger partial charge in [0.15, 0.2) is 0 Å². The lowest BCUT2D eigenvalue weighted by atomic mass is 10.0. The highest BCUT2D eigenvalue weighted by Crippen LogP contribution is 2.45. The molecule has 0 spiro atoms. The first-order chi connectivity index (χ1) is 14.2. The predicted molar refractivity (Wildman–Crippen MR) is 104 cm³/mol. The molecule has 0 saturated carbocycles. The molecule has 0 N–H and O–H groups in total. The lowest BCUT2D eigenvalue weighted by molar-refractivity contribution is -0.289. The van der Waals surface area contributed by atoms with Gasteiger partial charge in [0.25, 0.3) is 0 Å². The summed E-state index contributed by atoms with van der Waals surface area (Å²) in [4.78, 5) is 7.95. The number of nitrogens with zero attached hydrogens (tertiary/aromatic N) is 3. The van der Waals surface area contributed by atoms with E-state index in [4.69, 9.17) is 0 Å². The number of piperazine rings is 1. The number of aromatic nitrogens is 1. The third-order valence-electron chi connectivity index (χ3n) is 5.20. The van der Waals surface area contributed by atoms with Crippen molar-refractivity contribution in [2.75, 3.05) is 31.1 Å². The van der Waals surface area contributed by atoms with Crippen LogP contribution in [-0.4, -0.2) is 42.2 Å². The van der Waals surface area contributed by atoms with Crippen LogP contribution in [0.3, 0.4) is 0 Å². The molecule has 4 rings (SSSR count). The number of para-hydroxylation sites is 1. The van der Waals surface area contributed by atoms with E-state index < -0.39 is 17.7 Å². The van der Waals surface area contributed by atoms with Gasteiger partial charge in [-0.05, 0) is 17.7 Å². The Kier molecular flexibility index (Phi) is 5.31. The van der Waals surface area contributed by atoms with Crippen LogP contribution in [0.25, 0.3) is 10.2 Å². The SMILES string of the molecule is [O]c1nc2c(N3CCN(Cc4ccccc4C(F)(F)C(F)(F)F)CC3)cccc2s1. The fourth-order valence-corrected chi connectivity index (χ4v) is 4.39. The standard InChI is InChI=1S/C20H17F5N3OS/c21-19(22,20(23,24)25)14-5-2-1-4-13(14)12-27-8-10-28(11-9-27)15-6-3-7-16-17(15)26-18(29)30-16/h1-7H,8-12H2. The van der Waals surface area contributed by atoms with Crippen molar-refractivity contribution >= 4 is 27.2 Å². The summed E-state index contributed by atoms with van der Waals surface area (Å²) in [5.41, 5.74) is 0.423. The van der Waals surface area contributed by atoms with E-state index in [9.17, 15) is 27.1 Å². The van der Waals surface area contributed by atoms with Crippen LogP contribution in [0.1, 0.15) is 11.1 Å². The molecule has 3 aromatic rings. The molecule has 2 heterocycles. The van der Waals surface area contributed by atoms with Gasteiger partial charge in [-0.15, -0.1) is 0 Å². The van der Waals surface area contributed by atoms with E-state index >= 15 is 0 Å². The van der Waals surface area contributed by atoms with Crippen molar-refractivity contribution in [1.29, 1.82) is 0 Å². The maximum absolute atomic E-state index is 13.9. The summed E-state index contributed by atoms with van der Waals surface area (Å²) in [6, 6.07) is 10.3. The third kappa shape index (κ3) is 3.81. The van der Waals surface area contributed by atoms with E-state index in [1.54, 1.807) is 0 Å². The van der Waals surface area contributed by atoms with Gasteiger partial charge in [0.2, 0.25) is 0 Å².